The molecule has 1 N–H and O–H groups in total. The van der Waals surface area contributed by atoms with Crippen molar-refractivity contribution in [1.82, 2.24) is 20.1 Å². The topological polar surface area (TPSA) is 107 Å². The number of thioether (sulfide) groups is 1. The molecule has 2 aromatic heterocycles. The van der Waals surface area contributed by atoms with Gasteiger partial charge in [-0.3, -0.25) is 4.79 Å². The second kappa shape index (κ2) is 6.60. The SMILES string of the molecule is Cc1occc1-c1nnc(SCC(=O)N[C@@H]2CCS(=O)(=O)C2)n1C. The van der Waals surface area contributed by atoms with E-state index in [1.807, 2.05) is 20.0 Å². The van der Waals surface area contributed by atoms with Crippen LogP contribution in [0.3, 0.4) is 0 Å². The number of carbonyl (C=O) groups excluding carboxylic acids is 1. The van der Waals surface area contributed by atoms with E-state index in [1.165, 1.54) is 11.8 Å². The number of nitrogens with one attached hydrogen (secondary N) is 1. The standard InChI is InChI=1S/C14H18N4O4S2/c1-9-11(3-5-22-9)13-16-17-14(18(13)2)23-7-12(19)15-10-4-6-24(20,21)8-10/h3,5,10H,4,6-8H2,1-2H3,(H,15,19)/t10-/m1/s1. The Kier molecular flexibility index (Phi) is 4.68. The lowest BCUT2D eigenvalue weighted by Gasteiger charge is -2.10. The Morgan fingerprint density at radius 1 is 1.50 bits per heavy atom. The Balaban J connectivity index is 1.58. The molecule has 0 radical (unpaired) electrons. The highest BCUT2D eigenvalue weighted by atomic mass is 32.2. The van der Waals surface area contributed by atoms with Crippen molar-refractivity contribution in [3.05, 3.63) is 18.1 Å². The molecule has 1 fully saturated rings. The summed E-state index contributed by atoms with van der Waals surface area (Å²) >= 11 is 1.26. The molecule has 0 aromatic carbocycles. The van der Waals surface area contributed by atoms with Gasteiger partial charge in [0.05, 0.1) is 29.1 Å². The molecular formula is C14H18N4O4S2. The number of amides is 1. The molecule has 0 spiro atoms. The first kappa shape index (κ1) is 17.0. The van der Waals surface area contributed by atoms with Gasteiger partial charge < -0.3 is 14.3 Å². The summed E-state index contributed by atoms with van der Waals surface area (Å²) in [6.07, 6.45) is 2.07. The van der Waals surface area contributed by atoms with Crippen LogP contribution in [0.15, 0.2) is 21.9 Å². The molecule has 2 aromatic rings. The van der Waals surface area contributed by atoms with Crippen molar-refractivity contribution < 1.29 is 17.6 Å². The van der Waals surface area contributed by atoms with Crippen LogP contribution in [-0.2, 0) is 21.7 Å². The fraction of sp³-hybridized carbons (Fsp3) is 0.500. The van der Waals surface area contributed by atoms with E-state index in [1.54, 1.807) is 10.8 Å². The highest BCUT2D eigenvalue weighted by molar-refractivity contribution is 7.99. The first-order valence-corrected chi connectivity index (χ1v) is 10.2. The van der Waals surface area contributed by atoms with E-state index >= 15 is 0 Å². The van der Waals surface area contributed by atoms with E-state index in [2.05, 4.69) is 15.5 Å². The third-order valence-electron chi connectivity index (χ3n) is 3.86. The third-order valence-corrected chi connectivity index (χ3v) is 6.65. The molecule has 0 aliphatic carbocycles. The molecule has 10 heteroatoms. The van der Waals surface area contributed by atoms with Crippen LogP contribution in [0, 0.1) is 6.92 Å². The molecule has 1 saturated heterocycles. The third kappa shape index (κ3) is 3.64. The predicted molar refractivity (Wildman–Crippen MR) is 89.4 cm³/mol. The molecule has 1 amide bonds. The summed E-state index contributed by atoms with van der Waals surface area (Å²) in [6.45, 7) is 1.85. The van der Waals surface area contributed by atoms with Crippen LogP contribution in [0.1, 0.15) is 12.2 Å². The van der Waals surface area contributed by atoms with E-state index < -0.39 is 9.84 Å². The fourth-order valence-corrected chi connectivity index (χ4v) is 5.00. The number of hydrogen-bond donors (Lipinski definition) is 1. The Morgan fingerprint density at radius 2 is 2.29 bits per heavy atom. The second-order valence-corrected chi connectivity index (χ2v) is 8.88. The molecular weight excluding hydrogens is 352 g/mol. The minimum absolute atomic E-state index is 0.0251. The number of aromatic nitrogens is 3. The lowest BCUT2D eigenvalue weighted by atomic mass is 10.2. The van der Waals surface area contributed by atoms with Gasteiger partial charge in [-0.25, -0.2) is 8.42 Å². The number of rotatable bonds is 5. The van der Waals surface area contributed by atoms with Crippen molar-refractivity contribution >= 4 is 27.5 Å². The maximum absolute atomic E-state index is 12.0. The zero-order chi connectivity index (χ0) is 17.3. The van der Waals surface area contributed by atoms with Gasteiger partial charge in [0.1, 0.15) is 5.76 Å². The van der Waals surface area contributed by atoms with Crippen molar-refractivity contribution in [1.29, 1.82) is 0 Å². The molecule has 0 bridgehead atoms. The quantitative estimate of drug-likeness (QED) is 0.775. The van der Waals surface area contributed by atoms with Crippen LogP contribution in [0.4, 0.5) is 0 Å². The van der Waals surface area contributed by atoms with Gasteiger partial charge in [-0.05, 0) is 19.4 Å². The zero-order valence-electron chi connectivity index (χ0n) is 13.4. The van der Waals surface area contributed by atoms with Gasteiger partial charge in [0, 0.05) is 13.1 Å². The summed E-state index contributed by atoms with van der Waals surface area (Å²) in [4.78, 5) is 12.0. The van der Waals surface area contributed by atoms with Gasteiger partial charge in [-0.1, -0.05) is 11.8 Å². The average molecular weight is 370 g/mol. The monoisotopic (exact) mass is 370 g/mol. The molecule has 8 nitrogen and oxygen atoms in total. The van der Waals surface area contributed by atoms with E-state index in [4.69, 9.17) is 4.42 Å². The van der Waals surface area contributed by atoms with Crippen molar-refractivity contribution in [2.45, 2.75) is 24.5 Å². The van der Waals surface area contributed by atoms with E-state index in [0.717, 1.165) is 11.3 Å². The summed E-state index contributed by atoms with van der Waals surface area (Å²) in [6, 6.07) is 1.54. The first-order valence-electron chi connectivity index (χ1n) is 7.42. The molecule has 3 rings (SSSR count). The highest BCUT2D eigenvalue weighted by Crippen LogP contribution is 2.25. The summed E-state index contributed by atoms with van der Waals surface area (Å²) in [5.41, 5.74) is 0.859. The van der Waals surface area contributed by atoms with E-state index in [9.17, 15) is 13.2 Å². The number of sulfone groups is 1. The lowest BCUT2D eigenvalue weighted by molar-refractivity contribution is -0.119. The van der Waals surface area contributed by atoms with Crippen molar-refractivity contribution in [2.24, 2.45) is 7.05 Å². The van der Waals surface area contributed by atoms with Crippen molar-refractivity contribution in [2.75, 3.05) is 17.3 Å². The maximum Gasteiger partial charge on any atom is 0.230 e. The summed E-state index contributed by atoms with van der Waals surface area (Å²) in [5, 5.41) is 11.6. The van der Waals surface area contributed by atoms with Crippen LogP contribution in [-0.4, -0.2) is 52.4 Å². The summed E-state index contributed by atoms with van der Waals surface area (Å²) < 4.78 is 29.9. The summed E-state index contributed by atoms with van der Waals surface area (Å²) in [7, 11) is -1.17. The zero-order valence-corrected chi connectivity index (χ0v) is 15.0. The molecule has 1 aliphatic heterocycles. The molecule has 130 valence electrons. The minimum atomic E-state index is -3.00. The van der Waals surface area contributed by atoms with Crippen LogP contribution in [0.2, 0.25) is 0 Å². The van der Waals surface area contributed by atoms with Gasteiger partial charge in [0.15, 0.2) is 20.8 Å². The van der Waals surface area contributed by atoms with Crippen LogP contribution >= 0.6 is 11.8 Å². The minimum Gasteiger partial charge on any atom is -0.469 e. The van der Waals surface area contributed by atoms with Crippen molar-refractivity contribution in [3.63, 3.8) is 0 Å². The van der Waals surface area contributed by atoms with Gasteiger partial charge in [-0.15, -0.1) is 10.2 Å². The molecule has 1 atom stereocenters. The first-order chi connectivity index (χ1) is 11.4. The average Bonchev–Trinajstić information content (AvgIpc) is 3.17. The fourth-order valence-electron chi connectivity index (χ4n) is 2.60. The lowest BCUT2D eigenvalue weighted by Crippen LogP contribution is -2.36. The highest BCUT2D eigenvalue weighted by Gasteiger charge is 2.29. The number of hydrogen-bond acceptors (Lipinski definition) is 7. The van der Waals surface area contributed by atoms with Gasteiger partial charge in [-0.2, -0.15) is 0 Å². The van der Waals surface area contributed by atoms with Gasteiger partial charge in [0.2, 0.25) is 5.91 Å². The normalized spacial score (nSPS) is 19.5. The van der Waals surface area contributed by atoms with Crippen molar-refractivity contribution in [3.8, 4) is 11.4 Å². The smallest absolute Gasteiger partial charge is 0.230 e. The van der Waals surface area contributed by atoms with E-state index in [-0.39, 0.29) is 29.2 Å². The number of nitrogens with zero attached hydrogens (tertiary/aromatic N) is 3. The van der Waals surface area contributed by atoms with Crippen LogP contribution < -0.4 is 5.32 Å². The van der Waals surface area contributed by atoms with Gasteiger partial charge >= 0.3 is 0 Å². The Hall–Kier alpha value is -1.81. The maximum atomic E-state index is 12.0. The Bertz CT molecular complexity index is 856. The van der Waals surface area contributed by atoms with Crippen LogP contribution in [0.25, 0.3) is 11.4 Å². The molecule has 0 unspecified atom stereocenters. The number of aryl methyl sites for hydroxylation is 1. The van der Waals surface area contributed by atoms with Crippen LogP contribution in [0.5, 0.6) is 0 Å². The molecule has 3 heterocycles. The molecule has 1 aliphatic rings. The second-order valence-electron chi connectivity index (χ2n) is 5.71. The number of furan rings is 1. The Labute approximate surface area is 143 Å². The van der Waals surface area contributed by atoms with Gasteiger partial charge in [0.25, 0.3) is 0 Å². The number of carbonyl (C=O) groups is 1. The predicted octanol–water partition coefficient (Wildman–Crippen LogP) is 0.779. The molecule has 0 saturated carbocycles. The Morgan fingerprint density at radius 3 is 2.92 bits per heavy atom. The van der Waals surface area contributed by atoms with E-state index in [0.29, 0.717) is 17.4 Å². The summed E-state index contributed by atoms with van der Waals surface area (Å²) in [5.74, 6) is 1.55. The largest absolute Gasteiger partial charge is 0.469 e. The molecule has 24 heavy (non-hydrogen) atoms.